The Balaban J connectivity index is 2.15. The highest BCUT2D eigenvalue weighted by Crippen LogP contribution is 2.21. The minimum absolute atomic E-state index is 0.222. The lowest BCUT2D eigenvalue weighted by molar-refractivity contribution is 0.0601. The van der Waals surface area contributed by atoms with E-state index in [-0.39, 0.29) is 12.1 Å². The lowest BCUT2D eigenvalue weighted by Crippen LogP contribution is -2.16. The summed E-state index contributed by atoms with van der Waals surface area (Å²) < 4.78 is 7.22. The van der Waals surface area contributed by atoms with Gasteiger partial charge in [-0.1, -0.05) is 40.5 Å². The van der Waals surface area contributed by atoms with Crippen molar-refractivity contribution in [2.75, 3.05) is 7.11 Å². The molecule has 0 fully saturated rings. The van der Waals surface area contributed by atoms with E-state index in [9.17, 15) is 9.59 Å². The number of halogens is 2. The van der Waals surface area contributed by atoms with Crippen molar-refractivity contribution in [3.05, 3.63) is 62.4 Å². The highest BCUT2D eigenvalue weighted by atomic mass is 35.5. The number of methoxy groups -OCH3 is 1. The number of carbonyl (C=O) groups excluding carboxylic acids is 2. The van der Waals surface area contributed by atoms with E-state index in [1.54, 1.807) is 22.8 Å². The third-order valence-corrected chi connectivity index (χ3v) is 5.14. The molecule has 0 aliphatic rings. The molecule has 0 atom stereocenters. The lowest BCUT2D eigenvalue weighted by atomic mass is 10.2. The van der Waals surface area contributed by atoms with E-state index in [0.717, 1.165) is 10.2 Å². The number of thiazole rings is 1. The summed E-state index contributed by atoms with van der Waals surface area (Å²) in [6.07, 6.45) is 5.46. The maximum Gasteiger partial charge on any atom is 0.337 e. The number of fused-ring (bicyclic) bond motifs is 1. The van der Waals surface area contributed by atoms with Crippen LogP contribution in [0.1, 0.15) is 20.7 Å². The number of hydrogen-bond acceptors (Lipinski definition) is 4. The normalized spacial score (nSPS) is 11.4. The SMILES string of the molecule is C#CCn1c(=NC(=O)c2cc(Cl)cc(Cl)c2)sc2cc(C(=O)OC)ccc21. The zero-order chi connectivity index (χ0) is 19.6. The predicted octanol–water partition coefficient (Wildman–Crippen LogP) is 4.17. The first-order chi connectivity index (χ1) is 12.9. The van der Waals surface area contributed by atoms with Crippen LogP contribution in [-0.2, 0) is 11.3 Å². The Hall–Kier alpha value is -2.59. The van der Waals surface area contributed by atoms with Crippen molar-refractivity contribution in [2.45, 2.75) is 6.54 Å². The highest BCUT2D eigenvalue weighted by Gasteiger charge is 2.13. The first kappa shape index (κ1) is 19.2. The molecule has 0 spiro atoms. The largest absolute Gasteiger partial charge is 0.465 e. The van der Waals surface area contributed by atoms with Gasteiger partial charge in [0.15, 0.2) is 4.80 Å². The number of terminal acetylenes is 1. The first-order valence-electron chi connectivity index (χ1n) is 7.63. The van der Waals surface area contributed by atoms with Gasteiger partial charge in [-0.2, -0.15) is 4.99 Å². The van der Waals surface area contributed by atoms with E-state index in [4.69, 9.17) is 34.4 Å². The molecule has 0 aliphatic carbocycles. The summed E-state index contributed by atoms with van der Waals surface area (Å²) in [6.45, 7) is 0.222. The van der Waals surface area contributed by atoms with Crippen molar-refractivity contribution in [1.82, 2.24) is 4.57 Å². The average Bonchev–Trinajstić information content (AvgIpc) is 2.97. The Kier molecular flexibility index (Phi) is 5.66. The summed E-state index contributed by atoms with van der Waals surface area (Å²) in [7, 11) is 1.31. The Morgan fingerprint density at radius 1 is 1.19 bits per heavy atom. The fourth-order valence-electron chi connectivity index (χ4n) is 2.48. The number of amides is 1. The van der Waals surface area contributed by atoms with Gasteiger partial charge in [0.2, 0.25) is 0 Å². The number of benzene rings is 2. The quantitative estimate of drug-likeness (QED) is 0.473. The third-order valence-electron chi connectivity index (χ3n) is 3.66. The van der Waals surface area contributed by atoms with Crippen molar-refractivity contribution in [3.63, 3.8) is 0 Å². The minimum Gasteiger partial charge on any atom is -0.465 e. The van der Waals surface area contributed by atoms with Gasteiger partial charge in [-0.3, -0.25) is 4.79 Å². The molecule has 0 aliphatic heterocycles. The van der Waals surface area contributed by atoms with Crippen LogP contribution in [0.15, 0.2) is 41.4 Å². The van der Waals surface area contributed by atoms with Gasteiger partial charge in [0.1, 0.15) is 0 Å². The molecule has 5 nitrogen and oxygen atoms in total. The Morgan fingerprint density at radius 2 is 1.89 bits per heavy atom. The fraction of sp³-hybridized carbons (Fsp3) is 0.105. The monoisotopic (exact) mass is 418 g/mol. The van der Waals surface area contributed by atoms with Crippen molar-refractivity contribution in [3.8, 4) is 12.3 Å². The lowest BCUT2D eigenvalue weighted by Gasteiger charge is -2.02. The zero-order valence-corrected chi connectivity index (χ0v) is 16.4. The molecule has 136 valence electrons. The fourth-order valence-corrected chi connectivity index (χ4v) is 4.07. The molecular weight excluding hydrogens is 407 g/mol. The summed E-state index contributed by atoms with van der Waals surface area (Å²) in [5, 5.41) is 0.688. The van der Waals surface area contributed by atoms with Gasteiger partial charge in [0.25, 0.3) is 5.91 Å². The second-order valence-corrected chi connectivity index (χ2v) is 7.31. The number of ether oxygens (including phenoxy) is 1. The van der Waals surface area contributed by atoms with Crippen LogP contribution in [0.3, 0.4) is 0 Å². The van der Waals surface area contributed by atoms with Gasteiger partial charge >= 0.3 is 5.97 Å². The molecule has 0 N–H and O–H groups in total. The van der Waals surface area contributed by atoms with Crippen LogP contribution in [0, 0.1) is 12.3 Å². The van der Waals surface area contributed by atoms with Crippen molar-refractivity contribution in [2.24, 2.45) is 4.99 Å². The van der Waals surface area contributed by atoms with Gasteiger partial charge < -0.3 is 9.30 Å². The maximum absolute atomic E-state index is 12.6. The third kappa shape index (κ3) is 4.06. The van der Waals surface area contributed by atoms with E-state index in [1.165, 1.54) is 36.6 Å². The maximum atomic E-state index is 12.6. The second-order valence-electron chi connectivity index (χ2n) is 5.42. The molecular formula is C19H12Cl2N2O3S. The minimum atomic E-state index is -0.495. The summed E-state index contributed by atoms with van der Waals surface area (Å²) in [5.74, 6) is 1.60. The van der Waals surface area contributed by atoms with E-state index < -0.39 is 11.9 Å². The van der Waals surface area contributed by atoms with Crippen LogP contribution in [-0.4, -0.2) is 23.6 Å². The molecule has 8 heteroatoms. The van der Waals surface area contributed by atoms with E-state index >= 15 is 0 Å². The smallest absolute Gasteiger partial charge is 0.337 e. The molecule has 0 unspecified atom stereocenters. The number of carbonyl (C=O) groups is 2. The topological polar surface area (TPSA) is 60.7 Å². The molecule has 1 amide bonds. The number of hydrogen-bond donors (Lipinski definition) is 0. The van der Waals surface area contributed by atoms with Gasteiger partial charge in [-0.25, -0.2) is 4.79 Å². The van der Waals surface area contributed by atoms with Crippen LogP contribution in [0.25, 0.3) is 10.2 Å². The van der Waals surface area contributed by atoms with Gasteiger partial charge in [-0.15, -0.1) is 6.42 Å². The van der Waals surface area contributed by atoms with Gasteiger partial charge in [0, 0.05) is 15.6 Å². The molecule has 1 aromatic heterocycles. The Bertz CT molecular complexity index is 1150. The molecule has 0 radical (unpaired) electrons. The summed E-state index contributed by atoms with van der Waals surface area (Å²) in [4.78, 5) is 28.9. The van der Waals surface area contributed by atoms with Crippen LogP contribution in [0.4, 0.5) is 0 Å². The summed E-state index contributed by atoms with van der Waals surface area (Å²) in [6, 6.07) is 9.58. The molecule has 1 heterocycles. The van der Waals surface area contributed by atoms with Crippen LogP contribution in [0.2, 0.25) is 10.0 Å². The van der Waals surface area contributed by atoms with Crippen LogP contribution in [0.5, 0.6) is 0 Å². The average molecular weight is 419 g/mol. The number of nitrogens with zero attached hydrogens (tertiary/aromatic N) is 2. The van der Waals surface area contributed by atoms with Gasteiger partial charge in [0.05, 0.1) is 29.4 Å². The van der Waals surface area contributed by atoms with E-state index in [2.05, 4.69) is 10.9 Å². The standard InChI is InChI=1S/C19H12Cl2N2O3S/c1-3-6-23-15-5-4-11(18(25)26-2)9-16(15)27-19(23)22-17(24)12-7-13(20)10-14(21)8-12/h1,4-5,7-10H,6H2,2H3. The van der Waals surface area contributed by atoms with E-state index in [0.29, 0.717) is 20.4 Å². The molecule has 2 aromatic carbocycles. The molecule has 0 saturated heterocycles. The van der Waals surface area contributed by atoms with Crippen molar-refractivity contribution >= 4 is 56.6 Å². The van der Waals surface area contributed by atoms with Crippen LogP contribution >= 0.6 is 34.5 Å². The van der Waals surface area contributed by atoms with Crippen molar-refractivity contribution < 1.29 is 14.3 Å². The predicted molar refractivity (Wildman–Crippen MR) is 106 cm³/mol. The number of esters is 1. The molecule has 0 saturated carbocycles. The summed E-state index contributed by atoms with van der Waals surface area (Å²) >= 11 is 13.1. The van der Waals surface area contributed by atoms with Crippen LogP contribution < -0.4 is 4.80 Å². The molecule has 3 rings (SSSR count). The first-order valence-corrected chi connectivity index (χ1v) is 9.20. The second kappa shape index (κ2) is 7.97. The molecule has 3 aromatic rings. The number of rotatable bonds is 3. The Labute approximate surface area is 168 Å². The summed E-state index contributed by atoms with van der Waals surface area (Å²) in [5.41, 5.74) is 1.44. The van der Waals surface area contributed by atoms with Crippen molar-refractivity contribution in [1.29, 1.82) is 0 Å². The molecule has 27 heavy (non-hydrogen) atoms. The number of aromatic nitrogens is 1. The molecule has 0 bridgehead atoms. The van der Waals surface area contributed by atoms with E-state index in [1.807, 2.05) is 0 Å². The zero-order valence-electron chi connectivity index (χ0n) is 14.0. The highest BCUT2D eigenvalue weighted by molar-refractivity contribution is 7.16. The van der Waals surface area contributed by atoms with Gasteiger partial charge in [-0.05, 0) is 36.4 Å². The Morgan fingerprint density at radius 3 is 2.52 bits per heavy atom.